The lowest BCUT2D eigenvalue weighted by molar-refractivity contribution is -0.138. The Morgan fingerprint density at radius 3 is 2.47 bits per heavy atom. The first-order chi connectivity index (χ1) is 9.10. The van der Waals surface area contributed by atoms with Gasteiger partial charge in [-0.1, -0.05) is 31.2 Å². The molecule has 0 radical (unpaired) electrons. The Labute approximate surface area is 115 Å². The number of carboxylic acid groups (broad SMARTS) is 1. The first kappa shape index (κ1) is 14.1. The molecule has 1 aliphatic carbocycles. The van der Waals surface area contributed by atoms with Crippen LogP contribution in [0, 0.1) is 11.8 Å². The fraction of sp³-hybridized carbons (Fsp3) is 0.562. The predicted octanol–water partition coefficient (Wildman–Crippen LogP) is 2.44. The summed E-state index contributed by atoms with van der Waals surface area (Å²) in [5, 5.41) is 8.88. The van der Waals surface area contributed by atoms with Gasteiger partial charge in [0, 0.05) is 13.1 Å². The van der Waals surface area contributed by atoms with Gasteiger partial charge in [-0.15, -0.1) is 0 Å². The molecule has 1 aromatic carbocycles. The standard InChI is InChI=1S/C16H23NO2/c1-3-12-4-6-13(7-5-12)8-9-17(2)11-14-10-15(14)16(18)19/h4-7,14-15H,3,8-11H2,1-2H3,(H,18,19). The summed E-state index contributed by atoms with van der Waals surface area (Å²) in [5.74, 6) is -0.357. The van der Waals surface area contributed by atoms with Gasteiger partial charge in [0.15, 0.2) is 0 Å². The predicted molar refractivity (Wildman–Crippen MR) is 76.3 cm³/mol. The van der Waals surface area contributed by atoms with Crippen LogP contribution in [0.25, 0.3) is 0 Å². The Kier molecular flexibility index (Phi) is 4.59. The Morgan fingerprint density at radius 2 is 1.95 bits per heavy atom. The maximum Gasteiger partial charge on any atom is 0.306 e. The molecule has 0 spiro atoms. The minimum Gasteiger partial charge on any atom is -0.481 e. The monoisotopic (exact) mass is 261 g/mol. The van der Waals surface area contributed by atoms with Crippen LogP contribution in [0.3, 0.4) is 0 Å². The van der Waals surface area contributed by atoms with E-state index in [1.807, 2.05) is 0 Å². The number of carbonyl (C=O) groups is 1. The van der Waals surface area contributed by atoms with E-state index < -0.39 is 5.97 Å². The van der Waals surface area contributed by atoms with E-state index >= 15 is 0 Å². The highest BCUT2D eigenvalue weighted by Crippen LogP contribution is 2.38. The highest BCUT2D eigenvalue weighted by molar-refractivity contribution is 5.73. The molecule has 3 heteroatoms. The summed E-state index contributed by atoms with van der Waals surface area (Å²) in [7, 11) is 2.08. The third-order valence-corrected chi connectivity index (χ3v) is 4.00. The molecule has 2 unspecified atom stereocenters. The van der Waals surface area contributed by atoms with Crippen LogP contribution in [0.4, 0.5) is 0 Å². The zero-order valence-electron chi connectivity index (χ0n) is 11.8. The lowest BCUT2D eigenvalue weighted by atomic mass is 10.1. The average Bonchev–Trinajstić information content (AvgIpc) is 3.16. The van der Waals surface area contributed by atoms with Crippen LogP contribution in [-0.2, 0) is 17.6 Å². The van der Waals surface area contributed by atoms with E-state index in [0.29, 0.717) is 5.92 Å². The molecule has 0 amide bonds. The summed E-state index contributed by atoms with van der Waals surface area (Å²) in [6.45, 7) is 4.07. The first-order valence-corrected chi connectivity index (χ1v) is 7.09. The quantitative estimate of drug-likeness (QED) is 0.819. The Morgan fingerprint density at radius 1 is 1.32 bits per heavy atom. The summed E-state index contributed by atoms with van der Waals surface area (Å²) < 4.78 is 0. The number of carboxylic acids is 1. The van der Waals surface area contributed by atoms with Crippen molar-refractivity contribution in [2.24, 2.45) is 11.8 Å². The van der Waals surface area contributed by atoms with E-state index in [-0.39, 0.29) is 5.92 Å². The van der Waals surface area contributed by atoms with Crippen molar-refractivity contribution in [1.29, 1.82) is 0 Å². The number of likely N-dealkylation sites (N-methyl/N-ethyl adjacent to an activating group) is 1. The Bertz CT molecular complexity index is 427. The van der Waals surface area contributed by atoms with Crippen molar-refractivity contribution in [1.82, 2.24) is 4.90 Å². The molecule has 1 aliphatic rings. The molecule has 1 fully saturated rings. The number of benzene rings is 1. The molecule has 0 saturated heterocycles. The molecule has 2 rings (SSSR count). The van der Waals surface area contributed by atoms with Crippen molar-refractivity contribution in [2.75, 3.05) is 20.1 Å². The molecule has 1 N–H and O–H groups in total. The Hall–Kier alpha value is -1.35. The van der Waals surface area contributed by atoms with Crippen molar-refractivity contribution in [2.45, 2.75) is 26.2 Å². The van der Waals surface area contributed by atoms with Gasteiger partial charge in [-0.25, -0.2) is 0 Å². The zero-order chi connectivity index (χ0) is 13.8. The topological polar surface area (TPSA) is 40.5 Å². The van der Waals surface area contributed by atoms with E-state index in [2.05, 4.69) is 43.1 Å². The highest BCUT2D eigenvalue weighted by atomic mass is 16.4. The van der Waals surface area contributed by atoms with Crippen LogP contribution < -0.4 is 0 Å². The smallest absolute Gasteiger partial charge is 0.306 e. The Balaban J connectivity index is 1.71. The SMILES string of the molecule is CCc1ccc(CCN(C)CC2CC2C(=O)O)cc1. The fourth-order valence-corrected chi connectivity index (χ4v) is 2.51. The molecule has 1 saturated carbocycles. The van der Waals surface area contributed by atoms with Crippen molar-refractivity contribution >= 4 is 5.97 Å². The second-order valence-electron chi connectivity index (χ2n) is 5.62. The average molecular weight is 261 g/mol. The van der Waals surface area contributed by atoms with Crippen LogP contribution in [-0.4, -0.2) is 36.1 Å². The van der Waals surface area contributed by atoms with Crippen LogP contribution in [0.15, 0.2) is 24.3 Å². The van der Waals surface area contributed by atoms with Crippen molar-refractivity contribution in [3.63, 3.8) is 0 Å². The third kappa shape index (κ3) is 4.06. The van der Waals surface area contributed by atoms with Crippen molar-refractivity contribution in [3.8, 4) is 0 Å². The van der Waals surface area contributed by atoms with Crippen LogP contribution in [0.1, 0.15) is 24.5 Å². The van der Waals surface area contributed by atoms with Gasteiger partial charge in [0.1, 0.15) is 0 Å². The summed E-state index contributed by atoms with van der Waals surface area (Å²) in [4.78, 5) is 13.0. The lowest BCUT2D eigenvalue weighted by Crippen LogP contribution is -2.24. The molecule has 0 bridgehead atoms. The fourth-order valence-electron chi connectivity index (χ4n) is 2.51. The van der Waals surface area contributed by atoms with Gasteiger partial charge in [0.25, 0.3) is 0 Å². The highest BCUT2D eigenvalue weighted by Gasteiger charge is 2.43. The van der Waals surface area contributed by atoms with Crippen LogP contribution in [0.5, 0.6) is 0 Å². The second kappa shape index (κ2) is 6.20. The molecular weight excluding hydrogens is 238 g/mol. The number of hydrogen-bond acceptors (Lipinski definition) is 2. The number of rotatable bonds is 7. The van der Waals surface area contributed by atoms with E-state index in [9.17, 15) is 4.79 Å². The molecule has 3 nitrogen and oxygen atoms in total. The largest absolute Gasteiger partial charge is 0.481 e. The summed E-state index contributed by atoms with van der Waals surface area (Å²) >= 11 is 0. The third-order valence-electron chi connectivity index (χ3n) is 4.00. The number of hydrogen-bond donors (Lipinski definition) is 1. The summed E-state index contributed by atoms with van der Waals surface area (Å²) in [6.07, 6.45) is 2.97. The van der Waals surface area contributed by atoms with Gasteiger partial charge in [0.2, 0.25) is 0 Å². The van der Waals surface area contributed by atoms with Crippen LogP contribution in [0.2, 0.25) is 0 Å². The molecular formula is C16H23NO2. The number of aliphatic carboxylic acids is 1. The minimum atomic E-state index is -0.631. The van der Waals surface area contributed by atoms with Gasteiger partial charge in [0.05, 0.1) is 5.92 Å². The second-order valence-corrected chi connectivity index (χ2v) is 5.62. The van der Waals surface area contributed by atoms with Gasteiger partial charge >= 0.3 is 5.97 Å². The summed E-state index contributed by atoms with van der Waals surface area (Å²) in [6, 6.07) is 8.78. The molecule has 2 atom stereocenters. The van der Waals surface area contributed by atoms with E-state index in [4.69, 9.17) is 5.11 Å². The van der Waals surface area contributed by atoms with Crippen molar-refractivity contribution < 1.29 is 9.90 Å². The molecule has 1 aromatic rings. The molecule has 104 valence electrons. The maximum absolute atomic E-state index is 10.8. The van der Waals surface area contributed by atoms with E-state index in [0.717, 1.165) is 32.4 Å². The van der Waals surface area contributed by atoms with Crippen LogP contribution >= 0.6 is 0 Å². The molecule has 0 heterocycles. The maximum atomic E-state index is 10.8. The lowest BCUT2D eigenvalue weighted by Gasteiger charge is -2.16. The van der Waals surface area contributed by atoms with Gasteiger partial charge in [-0.05, 0) is 43.4 Å². The summed E-state index contributed by atoms with van der Waals surface area (Å²) in [5.41, 5.74) is 2.73. The first-order valence-electron chi connectivity index (χ1n) is 7.09. The minimum absolute atomic E-state index is 0.0914. The molecule has 0 aliphatic heterocycles. The number of aryl methyl sites for hydroxylation is 1. The molecule has 19 heavy (non-hydrogen) atoms. The zero-order valence-corrected chi connectivity index (χ0v) is 11.8. The normalized spacial score (nSPS) is 21.6. The number of nitrogens with zero attached hydrogens (tertiary/aromatic N) is 1. The van der Waals surface area contributed by atoms with Gasteiger partial charge in [-0.2, -0.15) is 0 Å². The van der Waals surface area contributed by atoms with E-state index in [1.54, 1.807) is 0 Å². The van der Waals surface area contributed by atoms with Gasteiger partial charge < -0.3 is 10.0 Å². The molecule has 0 aromatic heterocycles. The van der Waals surface area contributed by atoms with Gasteiger partial charge in [-0.3, -0.25) is 4.79 Å². The van der Waals surface area contributed by atoms with E-state index in [1.165, 1.54) is 11.1 Å². The van der Waals surface area contributed by atoms with Crippen molar-refractivity contribution in [3.05, 3.63) is 35.4 Å².